The number of nitrogens with one attached hydrogen (secondary N) is 3. The van der Waals surface area contributed by atoms with Crippen molar-refractivity contribution < 1.29 is 27.5 Å². The Morgan fingerprint density at radius 1 is 1.12 bits per heavy atom. The number of nitrogens with zero attached hydrogens (tertiary/aromatic N) is 2. The predicted octanol–water partition coefficient (Wildman–Crippen LogP) is 1.64. The van der Waals surface area contributed by atoms with Gasteiger partial charge in [-0.2, -0.15) is 4.31 Å². The molecule has 12 heteroatoms. The van der Waals surface area contributed by atoms with Crippen LogP contribution in [0, 0.1) is 5.92 Å². The van der Waals surface area contributed by atoms with Crippen LogP contribution in [-0.2, 0) is 42.0 Å². The van der Waals surface area contributed by atoms with Crippen molar-refractivity contribution in [2.75, 3.05) is 38.1 Å². The van der Waals surface area contributed by atoms with Gasteiger partial charge < -0.3 is 20.7 Å². The number of hydrogen-bond donors (Lipinski definition) is 3. The van der Waals surface area contributed by atoms with Crippen molar-refractivity contribution >= 4 is 33.6 Å². The summed E-state index contributed by atoms with van der Waals surface area (Å²) in [4.78, 5) is 42.5. The summed E-state index contributed by atoms with van der Waals surface area (Å²) in [6.45, 7) is 2.63. The lowest BCUT2D eigenvalue weighted by atomic mass is 10.0. The molecule has 3 N–H and O–H groups in total. The Kier molecular flexibility index (Phi) is 10.1. The molecular formula is C28H37N5O6S. The third-order valence-corrected chi connectivity index (χ3v) is 8.88. The van der Waals surface area contributed by atoms with Crippen molar-refractivity contribution in [2.24, 2.45) is 5.92 Å². The fourth-order valence-corrected chi connectivity index (χ4v) is 6.22. The van der Waals surface area contributed by atoms with Crippen LogP contribution in [0.4, 0.5) is 5.82 Å². The molecule has 40 heavy (non-hydrogen) atoms. The quantitative estimate of drug-likeness (QED) is 0.243. The Bertz CT molecular complexity index is 1300. The number of fused-ring (bicyclic) bond motifs is 1. The first kappa shape index (κ1) is 29.5. The second-order valence-corrected chi connectivity index (χ2v) is 11.9. The van der Waals surface area contributed by atoms with Gasteiger partial charge in [0.25, 0.3) is 0 Å². The lowest BCUT2D eigenvalue weighted by Gasteiger charge is -2.37. The van der Waals surface area contributed by atoms with Gasteiger partial charge in [0, 0.05) is 38.3 Å². The number of hydrogen-bond acceptors (Lipinski definition) is 8. The molecule has 2 aliphatic rings. The number of carbonyl (C=O) groups excluding carboxylic acids is 3. The second-order valence-electron chi connectivity index (χ2n) is 10.00. The molecule has 2 aliphatic heterocycles. The molecule has 0 aliphatic carbocycles. The minimum absolute atomic E-state index is 0.0140. The number of anilines is 1. The molecule has 11 nitrogen and oxygen atoms in total. The van der Waals surface area contributed by atoms with Crippen LogP contribution in [0.15, 0.2) is 47.4 Å². The van der Waals surface area contributed by atoms with Crippen LogP contribution in [0.2, 0.25) is 0 Å². The topological polar surface area (TPSA) is 147 Å². The van der Waals surface area contributed by atoms with Crippen LogP contribution < -0.4 is 16.0 Å². The molecule has 0 radical (unpaired) electrons. The van der Waals surface area contributed by atoms with Gasteiger partial charge in [0.05, 0.1) is 17.4 Å². The molecule has 0 bridgehead atoms. The maximum absolute atomic E-state index is 12.8. The molecule has 2 aromatic rings. The van der Waals surface area contributed by atoms with Gasteiger partial charge in [-0.05, 0) is 62.8 Å². The Morgan fingerprint density at radius 2 is 1.90 bits per heavy atom. The monoisotopic (exact) mass is 571 g/mol. The minimum Gasteiger partial charge on any atom is -0.464 e. The highest BCUT2D eigenvalue weighted by molar-refractivity contribution is 7.89. The highest BCUT2D eigenvalue weighted by Gasteiger charge is 2.41. The maximum atomic E-state index is 12.8. The number of esters is 1. The number of ether oxygens (including phenoxy) is 1. The van der Waals surface area contributed by atoms with Gasteiger partial charge in [0.1, 0.15) is 11.9 Å². The molecule has 1 atom stereocenters. The van der Waals surface area contributed by atoms with Crippen LogP contribution in [0.3, 0.4) is 0 Å². The third kappa shape index (κ3) is 7.57. The van der Waals surface area contributed by atoms with E-state index in [4.69, 9.17) is 4.74 Å². The van der Waals surface area contributed by atoms with Crippen LogP contribution in [0.25, 0.3) is 0 Å². The average Bonchev–Trinajstić information content (AvgIpc) is 2.93. The highest BCUT2D eigenvalue weighted by atomic mass is 32.2. The van der Waals surface area contributed by atoms with Gasteiger partial charge >= 0.3 is 5.97 Å². The van der Waals surface area contributed by atoms with Crippen LogP contribution >= 0.6 is 0 Å². The van der Waals surface area contributed by atoms with E-state index in [1.165, 1.54) is 22.0 Å². The van der Waals surface area contributed by atoms with E-state index in [1.807, 2.05) is 6.07 Å². The van der Waals surface area contributed by atoms with Crippen molar-refractivity contribution in [1.29, 1.82) is 0 Å². The first-order valence-electron chi connectivity index (χ1n) is 13.8. The van der Waals surface area contributed by atoms with Crippen molar-refractivity contribution in [1.82, 2.24) is 19.9 Å². The Balaban J connectivity index is 1.20. The molecule has 1 saturated heterocycles. The number of aryl methyl sites for hydroxylation is 2. The summed E-state index contributed by atoms with van der Waals surface area (Å²) in [5.41, 5.74) is 2.23. The molecule has 216 valence electrons. The summed E-state index contributed by atoms with van der Waals surface area (Å²) in [6.07, 6.45) is 4.65. The van der Waals surface area contributed by atoms with Gasteiger partial charge in [-0.25, -0.2) is 18.2 Å². The lowest BCUT2D eigenvalue weighted by molar-refractivity contribution is -0.148. The van der Waals surface area contributed by atoms with Crippen LogP contribution in [0.1, 0.15) is 43.9 Å². The van der Waals surface area contributed by atoms with E-state index in [2.05, 4.69) is 27.0 Å². The Morgan fingerprint density at radius 3 is 2.65 bits per heavy atom. The van der Waals surface area contributed by atoms with Crippen molar-refractivity contribution in [3.8, 4) is 0 Å². The first-order valence-corrected chi connectivity index (χ1v) is 15.2. The fourth-order valence-electron chi connectivity index (χ4n) is 4.67. The normalized spacial score (nSPS) is 16.1. The Hall–Kier alpha value is -3.51. The lowest BCUT2D eigenvalue weighted by Crippen LogP contribution is -2.59. The molecule has 1 aromatic carbocycles. The zero-order chi connectivity index (χ0) is 28.5. The number of sulfonamides is 1. The van der Waals surface area contributed by atoms with E-state index in [0.29, 0.717) is 6.42 Å². The number of carbonyl (C=O) groups is 3. The van der Waals surface area contributed by atoms with Crippen LogP contribution in [-0.4, -0.2) is 74.3 Å². The standard InChI is InChI=1S/C28H37N5O6S/c1-2-39-28(36)24(32-27(35)21-18-33(19-21)40(37,38)23-11-4-3-5-12-23)17-30-25(34)13-7-6-10-22-15-14-20-9-8-16-29-26(20)31-22/h3-5,11-12,14-15,21,24H,2,6-10,13,16-19H2,1H3,(H,29,31)(H,30,34)(H,32,35). The predicted molar refractivity (Wildman–Crippen MR) is 149 cm³/mol. The molecule has 1 aromatic heterocycles. The van der Waals surface area contributed by atoms with Crippen molar-refractivity contribution in [3.05, 3.63) is 53.7 Å². The number of unbranched alkanes of at least 4 members (excludes halogenated alkanes) is 1. The van der Waals surface area contributed by atoms with Gasteiger partial charge in [0.2, 0.25) is 21.8 Å². The average molecular weight is 572 g/mol. The van der Waals surface area contributed by atoms with Crippen molar-refractivity contribution in [3.63, 3.8) is 0 Å². The molecule has 0 saturated carbocycles. The van der Waals surface area contributed by atoms with Crippen LogP contribution in [0.5, 0.6) is 0 Å². The zero-order valence-corrected chi connectivity index (χ0v) is 23.5. The van der Waals surface area contributed by atoms with E-state index < -0.39 is 33.9 Å². The summed E-state index contributed by atoms with van der Waals surface area (Å²) in [5.74, 6) is -0.984. The molecule has 4 rings (SSSR count). The fraction of sp³-hybridized carbons (Fsp3) is 0.500. The zero-order valence-electron chi connectivity index (χ0n) is 22.7. The highest BCUT2D eigenvalue weighted by Crippen LogP contribution is 2.25. The largest absolute Gasteiger partial charge is 0.464 e. The molecular weight excluding hydrogens is 534 g/mol. The Labute approximate surface area is 235 Å². The van der Waals surface area contributed by atoms with E-state index in [0.717, 1.165) is 43.7 Å². The van der Waals surface area contributed by atoms with Gasteiger partial charge in [-0.1, -0.05) is 24.3 Å². The summed E-state index contributed by atoms with van der Waals surface area (Å²) < 4.78 is 31.7. The summed E-state index contributed by atoms with van der Waals surface area (Å²) in [6, 6.07) is 11.1. The number of rotatable bonds is 13. The first-order chi connectivity index (χ1) is 19.3. The maximum Gasteiger partial charge on any atom is 0.330 e. The molecule has 1 unspecified atom stereocenters. The molecule has 0 spiro atoms. The second kappa shape index (κ2) is 13.7. The smallest absolute Gasteiger partial charge is 0.330 e. The number of pyridine rings is 1. The number of aromatic nitrogens is 1. The molecule has 1 fully saturated rings. The summed E-state index contributed by atoms with van der Waals surface area (Å²) >= 11 is 0. The number of benzene rings is 1. The van der Waals surface area contributed by atoms with Gasteiger partial charge in [-0.3, -0.25) is 9.59 Å². The van der Waals surface area contributed by atoms with E-state index in [1.54, 1.807) is 25.1 Å². The minimum atomic E-state index is -3.68. The SMILES string of the molecule is CCOC(=O)C(CNC(=O)CCCCc1ccc2c(n1)NCCC2)NC(=O)C1CN(S(=O)(=O)c2ccccc2)C1. The van der Waals surface area contributed by atoms with Crippen molar-refractivity contribution in [2.45, 2.75) is 56.4 Å². The molecule has 3 heterocycles. The van der Waals surface area contributed by atoms with Gasteiger partial charge in [0.15, 0.2) is 0 Å². The van der Waals surface area contributed by atoms with E-state index >= 15 is 0 Å². The van der Waals surface area contributed by atoms with E-state index in [9.17, 15) is 22.8 Å². The number of amides is 2. The summed E-state index contributed by atoms with van der Waals surface area (Å²) in [7, 11) is -3.68. The van der Waals surface area contributed by atoms with Gasteiger partial charge in [-0.15, -0.1) is 0 Å². The van der Waals surface area contributed by atoms with E-state index in [-0.39, 0.29) is 43.5 Å². The summed E-state index contributed by atoms with van der Waals surface area (Å²) in [5, 5.41) is 8.66. The third-order valence-electron chi connectivity index (χ3n) is 7.03. The molecule has 2 amide bonds.